The fourth-order valence-corrected chi connectivity index (χ4v) is 2.23. The maximum absolute atomic E-state index is 5.91. The highest BCUT2D eigenvalue weighted by atomic mass is 16.5. The summed E-state index contributed by atoms with van der Waals surface area (Å²) in [5.74, 6) is 0.908. The molecule has 1 aromatic heterocycles. The van der Waals surface area contributed by atoms with Gasteiger partial charge >= 0.3 is 0 Å². The maximum Gasteiger partial charge on any atom is 0.134 e. The van der Waals surface area contributed by atoms with Gasteiger partial charge in [-0.3, -0.25) is 4.68 Å². The molecule has 0 saturated heterocycles. The van der Waals surface area contributed by atoms with E-state index in [1.165, 1.54) is 5.56 Å². The van der Waals surface area contributed by atoms with E-state index in [-0.39, 0.29) is 0 Å². The molecule has 0 fully saturated rings. The average Bonchev–Trinajstić information content (AvgIpc) is 2.89. The second-order valence-corrected chi connectivity index (χ2v) is 4.73. The Balaban J connectivity index is 2.10. The van der Waals surface area contributed by atoms with Crippen LogP contribution in [0.4, 0.5) is 0 Å². The van der Waals surface area contributed by atoms with Gasteiger partial charge in [0, 0.05) is 18.7 Å². The van der Waals surface area contributed by atoms with Crippen molar-refractivity contribution in [3.63, 3.8) is 0 Å². The third-order valence-corrected chi connectivity index (χ3v) is 3.18. The molecule has 108 valence electrons. The van der Waals surface area contributed by atoms with E-state index in [1.807, 2.05) is 31.4 Å². The van der Waals surface area contributed by atoms with E-state index in [4.69, 9.17) is 4.74 Å². The molecule has 1 unspecified atom stereocenters. The molecule has 5 heteroatoms. The molecule has 1 heterocycles. The van der Waals surface area contributed by atoms with Gasteiger partial charge in [-0.05, 0) is 19.0 Å². The smallest absolute Gasteiger partial charge is 0.134 e. The van der Waals surface area contributed by atoms with Crippen LogP contribution in [-0.4, -0.2) is 21.5 Å². The number of aromatic nitrogens is 3. The Labute approximate surface area is 120 Å². The van der Waals surface area contributed by atoms with E-state index in [0.29, 0.717) is 12.6 Å². The Hall–Kier alpha value is -1.88. The van der Waals surface area contributed by atoms with Crippen molar-refractivity contribution in [2.75, 3.05) is 6.54 Å². The van der Waals surface area contributed by atoms with Gasteiger partial charge in [-0.15, -0.1) is 5.10 Å². The molecule has 0 radical (unpaired) electrons. The Morgan fingerprint density at radius 3 is 2.75 bits per heavy atom. The molecule has 0 amide bonds. The molecule has 2 aromatic rings. The van der Waals surface area contributed by atoms with E-state index in [2.05, 4.69) is 35.5 Å². The first kappa shape index (κ1) is 14.5. The minimum atomic E-state index is 0.318. The molecule has 1 atom stereocenters. The highest BCUT2D eigenvalue weighted by Gasteiger charge is 2.13. The molecule has 0 aliphatic carbocycles. The zero-order valence-electron chi connectivity index (χ0n) is 12.3. The number of nitrogens with one attached hydrogen (secondary N) is 1. The minimum absolute atomic E-state index is 0.318. The van der Waals surface area contributed by atoms with Gasteiger partial charge in [-0.25, -0.2) is 0 Å². The standard InChI is InChI=1S/C15H22N4O/c1-4-14(16-5-2)13-8-6-7-9-15(13)20-11-12-10-19(3)18-17-12/h6-10,14,16H,4-5,11H2,1-3H3. The van der Waals surface area contributed by atoms with Gasteiger partial charge in [0.15, 0.2) is 0 Å². The molecule has 0 saturated carbocycles. The topological polar surface area (TPSA) is 52.0 Å². The summed E-state index contributed by atoms with van der Waals surface area (Å²) in [7, 11) is 1.85. The van der Waals surface area contributed by atoms with Gasteiger partial charge in [0.05, 0.1) is 6.20 Å². The Morgan fingerprint density at radius 2 is 2.10 bits per heavy atom. The van der Waals surface area contributed by atoms with Crippen LogP contribution in [0.25, 0.3) is 0 Å². The monoisotopic (exact) mass is 274 g/mol. The van der Waals surface area contributed by atoms with Gasteiger partial charge in [0.1, 0.15) is 18.1 Å². The minimum Gasteiger partial charge on any atom is -0.487 e. The third-order valence-electron chi connectivity index (χ3n) is 3.18. The molecule has 1 aromatic carbocycles. The fourth-order valence-electron chi connectivity index (χ4n) is 2.23. The quantitative estimate of drug-likeness (QED) is 0.842. The number of aryl methyl sites for hydroxylation is 1. The molecule has 0 aliphatic heterocycles. The Kier molecular flexibility index (Phi) is 5.12. The lowest BCUT2D eigenvalue weighted by molar-refractivity contribution is 0.294. The van der Waals surface area contributed by atoms with Crippen LogP contribution < -0.4 is 10.1 Å². The van der Waals surface area contributed by atoms with Gasteiger partial charge in [0.2, 0.25) is 0 Å². The van der Waals surface area contributed by atoms with Crippen molar-refractivity contribution in [2.24, 2.45) is 7.05 Å². The van der Waals surface area contributed by atoms with Crippen LogP contribution in [0.3, 0.4) is 0 Å². The van der Waals surface area contributed by atoms with Crippen molar-refractivity contribution in [1.82, 2.24) is 20.3 Å². The Bertz CT molecular complexity index is 538. The fraction of sp³-hybridized carbons (Fsp3) is 0.467. The molecule has 5 nitrogen and oxygen atoms in total. The summed E-state index contributed by atoms with van der Waals surface area (Å²) >= 11 is 0. The number of para-hydroxylation sites is 1. The summed E-state index contributed by atoms with van der Waals surface area (Å²) < 4.78 is 7.59. The van der Waals surface area contributed by atoms with Crippen LogP contribution in [0, 0.1) is 0 Å². The Morgan fingerprint density at radius 1 is 1.30 bits per heavy atom. The number of nitrogens with zero attached hydrogens (tertiary/aromatic N) is 3. The summed E-state index contributed by atoms with van der Waals surface area (Å²) in [6, 6.07) is 8.48. The average molecular weight is 274 g/mol. The number of hydrogen-bond acceptors (Lipinski definition) is 4. The predicted molar refractivity (Wildman–Crippen MR) is 78.5 cm³/mol. The molecule has 1 N–H and O–H groups in total. The van der Waals surface area contributed by atoms with Gasteiger partial charge < -0.3 is 10.1 Å². The van der Waals surface area contributed by atoms with Crippen LogP contribution >= 0.6 is 0 Å². The first-order valence-corrected chi connectivity index (χ1v) is 7.04. The van der Waals surface area contributed by atoms with Crippen molar-refractivity contribution in [3.8, 4) is 5.75 Å². The van der Waals surface area contributed by atoms with Crippen molar-refractivity contribution in [2.45, 2.75) is 32.9 Å². The van der Waals surface area contributed by atoms with E-state index in [9.17, 15) is 0 Å². The van der Waals surface area contributed by atoms with Gasteiger partial charge in [-0.2, -0.15) is 0 Å². The van der Waals surface area contributed by atoms with Crippen LogP contribution in [-0.2, 0) is 13.7 Å². The largest absolute Gasteiger partial charge is 0.487 e. The lowest BCUT2D eigenvalue weighted by atomic mass is 10.0. The summed E-state index contributed by atoms with van der Waals surface area (Å²) in [4.78, 5) is 0. The first-order chi connectivity index (χ1) is 9.74. The van der Waals surface area contributed by atoms with Crippen LogP contribution in [0.5, 0.6) is 5.75 Å². The SMILES string of the molecule is CCNC(CC)c1ccccc1OCc1cn(C)nn1. The van der Waals surface area contributed by atoms with Crippen molar-refractivity contribution < 1.29 is 4.74 Å². The lowest BCUT2D eigenvalue weighted by Crippen LogP contribution is -2.20. The predicted octanol–water partition coefficient (Wildman–Crippen LogP) is 2.45. The number of benzene rings is 1. The van der Waals surface area contributed by atoms with Gasteiger partial charge in [-0.1, -0.05) is 37.3 Å². The second kappa shape index (κ2) is 7.05. The second-order valence-electron chi connectivity index (χ2n) is 4.73. The highest BCUT2D eigenvalue weighted by molar-refractivity contribution is 5.36. The molecule has 0 spiro atoms. The van der Waals surface area contributed by atoms with E-state index < -0.39 is 0 Å². The zero-order valence-corrected chi connectivity index (χ0v) is 12.3. The van der Waals surface area contributed by atoms with Crippen LogP contribution in [0.2, 0.25) is 0 Å². The van der Waals surface area contributed by atoms with Crippen molar-refractivity contribution >= 4 is 0 Å². The summed E-state index contributed by atoms with van der Waals surface area (Å²) in [5, 5.41) is 11.4. The number of ether oxygens (including phenoxy) is 1. The number of hydrogen-bond donors (Lipinski definition) is 1. The van der Waals surface area contributed by atoms with Crippen LogP contribution in [0.15, 0.2) is 30.5 Å². The highest BCUT2D eigenvalue weighted by Crippen LogP contribution is 2.27. The molecule has 20 heavy (non-hydrogen) atoms. The molecule has 0 aliphatic rings. The molecular formula is C15H22N4O. The summed E-state index contributed by atoms with van der Waals surface area (Å²) in [5.41, 5.74) is 2.03. The normalized spacial score (nSPS) is 12.3. The maximum atomic E-state index is 5.91. The molecular weight excluding hydrogens is 252 g/mol. The van der Waals surface area contributed by atoms with E-state index in [0.717, 1.165) is 24.4 Å². The van der Waals surface area contributed by atoms with Gasteiger partial charge in [0.25, 0.3) is 0 Å². The van der Waals surface area contributed by atoms with E-state index >= 15 is 0 Å². The zero-order chi connectivity index (χ0) is 14.4. The van der Waals surface area contributed by atoms with Crippen molar-refractivity contribution in [3.05, 3.63) is 41.7 Å². The van der Waals surface area contributed by atoms with Crippen LogP contribution in [0.1, 0.15) is 37.6 Å². The number of rotatable bonds is 7. The molecule has 0 bridgehead atoms. The third kappa shape index (κ3) is 3.57. The molecule has 2 rings (SSSR count). The lowest BCUT2D eigenvalue weighted by Gasteiger charge is -2.19. The van der Waals surface area contributed by atoms with E-state index in [1.54, 1.807) is 4.68 Å². The van der Waals surface area contributed by atoms with Crippen molar-refractivity contribution in [1.29, 1.82) is 0 Å². The summed E-state index contributed by atoms with van der Waals surface area (Å²) in [6.45, 7) is 5.67. The first-order valence-electron chi connectivity index (χ1n) is 7.04. The summed E-state index contributed by atoms with van der Waals surface area (Å²) in [6.07, 6.45) is 2.89.